The monoisotopic (exact) mass is 400 g/mol. The van der Waals surface area contributed by atoms with Gasteiger partial charge >= 0.3 is 0 Å². The second-order valence-corrected chi connectivity index (χ2v) is 7.84. The van der Waals surface area contributed by atoms with Crippen LogP contribution in [0.25, 0.3) is 0 Å². The minimum Gasteiger partial charge on any atom is -0.370 e. The van der Waals surface area contributed by atoms with E-state index in [1.807, 2.05) is 49.7 Å². The van der Waals surface area contributed by atoms with Crippen LogP contribution in [0.2, 0.25) is 0 Å². The Morgan fingerprint density at radius 2 is 2.14 bits per heavy atom. The highest BCUT2D eigenvalue weighted by Gasteiger charge is 2.19. The van der Waals surface area contributed by atoms with Crippen LogP contribution in [0.15, 0.2) is 40.8 Å². The number of thiazole rings is 1. The Kier molecular flexibility index (Phi) is 6.86. The number of aromatic nitrogens is 1. The van der Waals surface area contributed by atoms with Gasteiger partial charge in [-0.2, -0.15) is 0 Å². The number of nitrogens with one attached hydrogen (secondary N) is 1. The predicted molar refractivity (Wildman–Crippen MR) is 116 cm³/mol. The Bertz CT molecular complexity index is 799. The smallest absolute Gasteiger partial charge is 0.227 e. The van der Waals surface area contributed by atoms with Crippen molar-refractivity contribution in [3.8, 4) is 0 Å². The number of hydrogen-bond acceptors (Lipinski definition) is 5. The van der Waals surface area contributed by atoms with Crippen LogP contribution >= 0.6 is 11.3 Å². The Morgan fingerprint density at radius 3 is 2.82 bits per heavy atom. The van der Waals surface area contributed by atoms with Crippen molar-refractivity contribution in [2.45, 2.75) is 26.8 Å². The second-order valence-electron chi connectivity index (χ2n) is 6.96. The molecule has 1 aliphatic rings. The van der Waals surface area contributed by atoms with Crippen molar-refractivity contribution in [1.82, 2.24) is 9.88 Å². The molecule has 1 aliphatic heterocycles. The molecule has 2 aromatic rings. The van der Waals surface area contributed by atoms with Gasteiger partial charge in [-0.15, -0.1) is 11.3 Å². The number of nitrogens with two attached hydrogens (primary N) is 1. The Balaban J connectivity index is 1.53. The van der Waals surface area contributed by atoms with Crippen molar-refractivity contribution in [3.05, 3.63) is 41.4 Å². The molecule has 0 aliphatic carbocycles. The van der Waals surface area contributed by atoms with Gasteiger partial charge in [0, 0.05) is 49.4 Å². The van der Waals surface area contributed by atoms with E-state index < -0.39 is 0 Å². The number of aliphatic imine (C=N–C) groups is 1. The van der Waals surface area contributed by atoms with Crippen molar-refractivity contribution in [2.24, 2.45) is 16.6 Å². The first-order chi connectivity index (χ1) is 13.6. The summed E-state index contributed by atoms with van der Waals surface area (Å²) >= 11 is 1.66. The Labute approximate surface area is 170 Å². The molecule has 1 unspecified atom stereocenters. The van der Waals surface area contributed by atoms with E-state index in [1.54, 1.807) is 11.3 Å². The first-order valence-electron chi connectivity index (χ1n) is 9.66. The largest absolute Gasteiger partial charge is 0.370 e. The first-order valence-corrected chi connectivity index (χ1v) is 10.5. The normalized spacial score (nSPS) is 16.1. The summed E-state index contributed by atoms with van der Waals surface area (Å²) in [5.41, 5.74) is 8.03. The summed E-state index contributed by atoms with van der Waals surface area (Å²) in [6.07, 6.45) is 2.66. The topological polar surface area (TPSA) is 86.8 Å². The lowest BCUT2D eigenvalue weighted by Crippen LogP contribution is -2.51. The van der Waals surface area contributed by atoms with Crippen LogP contribution in [-0.4, -0.2) is 47.9 Å². The van der Waals surface area contributed by atoms with Gasteiger partial charge in [0.15, 0.2) is 11.1 Å². The number of hydrogen-bond donors (Lipinski definition) is 2. The highest BCUT2D eigenvalue weighted by Crippen LogP contribution is 2.19. The molecule has 8 heteroatoms. The van der Waals surface area contributed by atoms with Crippen LogP contribution in [0.5, 0.6) is 0 Å². The van der Waals surface area contributed by atoms with E-state index in [1.165, 1.54) is 0 Å². The van der Waals surface area contributed by atoms with Crippen LogP contribution < -0.4 is 16.0 Å². The van der Waals surface area contributed by atoms with Gasteiger partial charge in [-0.3, -0.25) is 4.79 Å². The molecule has 28 heavy (non-hydrogen) atoms. The zero-order valence-corrected chi connectivity index (χ0v) is 17.3. The van der Waals surface area contributed by atoms with Gasteiger partial charge in [0.05, 0.1) is 6.54 Å². The van der Waals surface area contributed by atoms with E-state index >= 15 is 0 Å². The van der Waals surface area contributed by atoms with Gasteiger partial charge in [0.1, 0.15) is 0 Å². The summed E-state index contributed by atoms with van der Waals surface area (Å²) in [4.78, 5) is 25.4. The van der Waals surface area contributed by atoms with Gasteiger partial charge < -0.3 is 20.9 Å². The number of amides is 1. The highest BCUT2D eigenvalue weighted by molar-refractivity contribution is 7.13. The molecule has 150 valence electrons. The second kappa shape index (κ2) is 9.54. The van der Waals surface area contributed by atoms with E-state index in [0.717, 1.165) is 49.0 Å². The lowest BCUT2D eigenvalue weighted by atomic mass is 10.1. The molecular formula is C20H28N6OS. The number of rotatable bonds is 6. The first kappa shape index (κ1) is 20.1. The predicted octanol–water partition coefficient (Wildman–Crippen LogP) is 2.76. The van der Waals surface area contributed by atoms with Crippen molar-refractivity contribution < 1.29 is 4.79 Å². The van der Waals surface area contributed by atoms with E-state index in [2.05, 4.69) is 25.1 Å². The van der Waals surface area contributed by atoms with Gasteiger partial charge in [-0.25, -0.2) is 9.98 Å². The van der Waals surface area contributed by atoms with Crippen LogP contribution in [0, 0.1) is 5.92 Å². The molecule has 1 amide bonds. The molecule has 7 nitrogen and oxygen atoms in total. The molecule has 3 N–H and O–H groups in total. The highest BCUT2D eigenvalue weighted by atomic mass is 32.1. The van der Waals surface area contributed by atoms with Gasteiger partial charge in [-0.1, -0.05) is 26.0 Å². The average molecular weight is 401 g/mol. The molecule has 0 bridgehead atoms. The Morgan fingerprint density at radius 1 is 1.36 bits per heavy atom. The third-order valence-electron chi connectivity index (χ3n) is 4.97. The summed E-state index contributed by atoms with van der Waals surface area (Å²) < 4.78 is 0. The number of benzene rings is 1. The number of carbonyl (C=O) groups is 1. The molecule has 1 aromatic heterocycles. The molecule has 0 radical (unpaired) electrons. The van der Waals surface area contributed by atoms with Crippen LogP contribution in [0.1, 0.15) is 25.8 Å². The van der Waals surface area contributed by atoms with Crippen LogP contribution in [0.4, 0.5) is 10.8 Å². The van der Waals surface area contributed by atoms with Gasteiger partial charge in [-0.05, 0) is 24.1 Å². The van der Waals surface area contributed by atoms with Gasteiger partial charge in [0.2, 0.25) is 5.91 Å². The number of nitrogens with zero attached hydrogens (tertiary/aromatic N) is 4. The van der Waals surface area contributed by atoms with Crippen LogP contribution in [0.3, 0.4) is 0 Å². The molecule has 0 saturated carbocycles. The molecule has 1 fully saturated rings. The minimum absolute atomic E-state index is 0.000339. The lowest BCUT2D eigenvalue weighted by molar-refractivity contribution is -0.119. The van der Waals surface area contributed by atoms with Crippen molar-refractivity contribution in [3.63, 3.8) is 0 Å². The quantitative estimate of drug-likeness (QED) is 0.575. The van der Waals surface area contributed by atoms with Crippen molar-refractivity contribution >= 4 is 34.0 Å². The van der Waals surface area contributed by atoms with Crippen molar-refractivity contribution in [2.75, 3.05) is 36.4 Å². The number of carbonyl (C=O) groups excluding carboxylic acids is 1. The summed E-state index contributed by atoms with van der Waals surface area (Å²) in [6, 6.07) is 7.78. The zero-order valence-electron chi connectivity index (χ0n) is 16.5. The standard InChI is InChI=1S/C20H28N6OS/c1-3-15(2)18(27)24-17-6-4-5-16(13-17)14-23-19(21)25-8-10-26(11-9-25)20-22-7-12-28-20/h4-7,12-13,15H,3,8-11,14H2,1-2H3,(H2,21,23)(H,24,27). The maximum Gasteiger partial charge on any atom is 0.227 e. The summed E-state index contributed by atoms with van der Waals surface area (Å²) in [5, 5.41) is 6.02. The molecule has 1 aromatic carbocycles. The third kappa shape index (κ3) is 5.22. The van der Waals surface area contributed by atoms with Crippen molar-refractivity contribution in [1.29, 1.82) is 0 Å². The van der Waals surface area contributed by atoms with E-state index in [0.29, 0.717) is 12.5 Å². The molecule has 3 rings (SSSR count). The molecule has 1 saturated heterocycles. The maximum absolute atomic E-state index is 12.1. The maximum atomic E-state index is 12.1. The number of guanidine groups is 1. The number of anilines is 2. The summed E-state index contributed by atoms with van der Waals surface area (Å²) in [6.45, 7) is 7.88. The molecule has 2 heterocycles. The molecule has 0 spiro atoms. The number of piperazine rings is 1. The fourth-order valence-corrected chi connectivity index (χ4v) is 3.67. The minimum atomic E-state index is 0.000339. The summed E-state index contributed by atoms with van der Waals surface area (Å²) in [7, 11) is 0. The van der Waals surface area contributed by atoms with Gasteiger partial charge in [0.25, 0.3) is 0 Å². The zero-order chi connectivity index (χ0) is 19.9. The molecular weight excluding hydrogens is 372 g/mol. The fraction of sp³-hybridized carbons (Fsp3) is 0.450. The van der Waals surface area contributed by atoms with Crippen LogP contribution in [-0.2, 0) is 11.3 Å². The summed E-state index contributed by atoms with van der Waals surface area (Å²) in [5.74, 6) is 0.606. The fourth-order valence-electron chi connectivity index (χ4n) is 2.97. The average Bonchev–Trinajstić information content (AvgIpc) is 3.26. The van der Waals surface area contributed by atoms with E-state index in [4.69, 9.17) is 5.73 Å². The Hall–Kier alpha value is -2.61. The van der Waals surface area contributed by atoms with E-state index in [-0.39, 0.29) is 11.8 Å². The van der Waals surface area contributed by atoms with E-state index in [9.17, 15) is 4.79 Å². The third-order valence-corrected chi connectivity index (χ3v) is 5.80. The lowest BCUT2D eigenvalue weighted by Gasteiger charge is -2.35. The molecule has 1 atom stereocenters. The SMILES string of the molecule is CCC(C)C(=O)Nc1cccc(CN=C(N)N2CCN(c3nccs3)CC2)c1.